The van der Waals surface area contributed by atoms with Gasteiger partial charge in [-0.1, -0.05) is 46.4 Å². The average molecular weight is 419 g/mol. The lowest BCUT2D eigenvalue weighted by Crippen LogP contribution is -1.88. The SMILES string of the molecule is Clc1cc(I)cnc1-c1ccc(Cl)c(Cl)c1Cl. The minimum Gasteiger partial charge on any atom is -0.254 e. The highest BCUT2D eigenvalue weighted by Crippen LogP contribution is 2.39. The summed E-state index contributed by atoms with van der Waals surface area (Å²) in [7, 11) is 0. The van der Waals surface area contributed by atoms with Crippen molar-refractivity contribution in [1.29, 1.82) is 0 Å². The van der Waals surface area contributed by atoms with Crippen molar-refractivity contribution in [3.8, 4) is 11.3 Å². The first-order valence-electron chi connectivity index (χ1n) is 4.45. The Morgan fingerprint density at radius 2 is 1.65 bits per heavy atom. The van der Waals surface area contributed by atoms with Gasteiger partial charge in [-0.2, -0.15) is 0 Å². The zero-order valence-corrected chi connectivity index (χ0v) is 13.3. The van der Waals surface area contributed by atoms with Crippen LogP contribution in [-0.2, 0) is 0 Å². The van der Waals surface area contributed by atoms with Gasteiger partial charge < -0.3 is 0 Å². The molecule has 1 heterocycles. The number of pyridine rings is 1. The molecule has 0 aliphatic heterocycles. The van der Waals surface area contributed by atoms with E-state index in [1.807, 2.05) is 6.07 Å². The molecule has 0 aliphatic carbocycles. The number of aromatic nitrogens is 1. The Balaban J connectivity index is 2.65. The van der Waals surface area contributed by atoms with Crippen molar-refractivity contribution in [1.82, 2.24) is 4.98 Å². The van der Waals surface area contributed by atoms with Crippen LogP contribution in [0, 0.1) is 3.57 Å². The molecule has 6 heteroatoms. The van der Waals surface area contributed by atoms with Gasteiger partial charge >= 0.3 is 0 Å². The smallest absolute Gasteiger partial charge is 0.0904 e. The predicted molar refractivity (Wildman–Crippen MR) is 82.4 cm³/mol. The van der Waals surface area contributed by atoms with Gasteiger partial charge in [0.1, 0.15) is 0 Å². The van der Waals surface area contributed by atoms with Gasteiger partial charge in [0.05, 0.1) is 25.8 Å². The molecule has 2 rings (SSSR count). The van der Waals surface area contributed by atoms with Crippen LogP contribution in [-0.4, -0.2) is 4.98 Å². The van der Waals surface area contributed by atoms with Gasteiger partial charge in [0.15, 0.2) is 0 Å². The molecule has 17 heavy (non-hydrogen) atoms. The zero-order valence-electron chi connectivity index (χ0n) is 8.15. The molecule has 0 radical (unpaired) electrons. The molecule has 0 N–H and O–H groups in total. The van der Waals surface area contributed by atoms with Crippen LogP contribution in [0.2, 0.25) is 20.1 Å². The summed E-state index contributed by atoms with van der Waals surface area (Å²) in [5, 5.41) is 1.59. The lowest BCUT2D eigenvalue weighted by atomic mass is 10.1. The lowest BCUT2D eigenvalue weighted by molar-refractivity contribution is 1.31. The van der Waals surface area contributed by atoms with E-state index in [1.165, 1.54) is 0 Å². The Morgan fingerprint density at radius 1 is 0.941 bits per heavy atom. The molecule has 0 spiro atoms. The van der Waals surface area contributed by atoms with E-state index in [2.05, 4.69) is 27.6 Å². The Kier molecular flexibility index (Phi) is 4.42. The third-order valence-corrected chi connectivity index (χ3v) is 4.27. The number of nitrogens with zero attached hydrogens (tertiary/aromatic N) is 1. The van der Waals surface area contributed by atoms with Gasteiger partial charge in [-0.25, -0.2) is 0 Å². The molecule has 2 aromatic rings. The highest BCUT2D eigenvalue weighted by Gasteiger charge is 2.14. The van der Waals surface area contributed by atoms with Crippen molar-refractivity contribution in [2.75, 3.05) is 0 Å². The van der Waals surface area contributed by atoms with Crippen LogP contribution in [0.4, 0.5) is 0 Å². The quantitative estimate of drug-likeness (QED) is 0.411. The summed E-state index contributed by atoms with van der Waals surface area (Å²) in [5.41, 5.74) is 1.26. The van der Waals surface area contributed by atoms with E-state index in [-0.39, 0.29) is 0 Å². The Hall–Kier alpha value is 0.260. The third-order valence-electron chi connectivity index (χ3n) is 2.10. The molecule has 0 saturated carbocycles. The molecule has 88 valence electrons. The Bertz CT molecular complexity index is 586. The van der Waals surface area contributed by atoms with Gasteiger partial charge in [-0.05, 0) is 40.8 Å². The number of hydrogen-bond acceptors (Lipinski definition) is 1. The van der Waals surface area contributed by atoms with Crippen molar-refractivity contribution < 1.29 is 0 Å². The van der Waals surface area contributed by atoms with Crippen LogP contribution in [0.5, 0.6) is 0 Å². The lowest BCUT2D eigenvalue weighted by Gasteiger charge is -2.08. The standard InChI is InChI=1S/C11H4Cl4IN/c12-7-2-1-6(9(14)10(7)15)11-8(13)3-5(16)4-17-11/h1-4H. The summed E-state index contributed by atoms with van der Waals surface area (Å²) in [6.07, 6.45) is 1.71. The fraction of sp³-hybridized carbons (Fsp3) is 0. The molecule has 0 amide bonds. The normalized spacial score (nSPS) is 10.6. The predicted octanol–water partition coefficient (Wildman–Crippen LogP) is 5.97. The molecule has 0 aliphatic rings. The minimum atomic E-state index is 0.308. The van der Waals surface area contributed by atoms with Crippen molar-refractivity contribution in [2.45, 2.75) is 0 Å². The maximum atomic E-state index is 6.13. The molecular formula is C11H4Cl4IN. The topological polar surface area (TPSA) is 12.9 Å². The highest BCUT2D eigenvalue weighted by atomic mass is 127. The molecule has 0 unspecified atom stereocenters. The second-order valence-electron chi connectivity index (χ2n) is 3.21. The number of benzene rings is 1. The van der Waals surface area contributed by atoms with Gasteiger partial charge in [0.2, 0.25) is 0 Å². The van der Waals surface area contributed by atoms with Crippen LogP contribution >= 0.6 is 69.0 Å². The van der Waals surface area contributed by atoms with Gasteiger partial charge in [-0.15, -0.1) is 0 Å². The molecule has 1 aromatic carbocycles. The van der Waals surface area contributed by atoms with E-state index in [4.69, 9.17) is 46.4 Å². The van der Waals surface area contributed by atoms with Crippen molar-refractivity contribution >= 4 is 69.0 Å². The van der Waals surface area contributed by atoms with Crippen LogP contribution in [0.25, 0.3) is 11.3 Å². The summed E-state index contributed by atoms with van der Waals surface area (Å²) >= 11 is 26.2. The summed E-state index contributed by atoms with van der Waals surface area (Å²) in [4.78, 5) is 4.25. The number of rotatable bonds is 1. The molecule has 0 fully saturated rings. The van der Waals surface area contributed by atoms with Crippen molar-refractivity contribution in [2.24, 2.45) is 0 Å². The first kappa shape index (κ1) is 13.7. The monoisotopic (exact) mass is 417 g/mol. The van der Waals surface area contributed by atoms with Crippen molar-refractivity contribution in [3.05, 3.63) is 48.1 Å². The largest absolute Gasteiger partial charge is 0.254 e. The van der Waals surface area contributed by atoms with Gasteiger partial charge in [0, 0.05) is 15.3 Å². The summed E-state index contributed by atoms with van der Waals surface area (Å²) in [6, 6.07) is 5.22. The maximum absolute atomic E-state index is 6.13. The van der Waals surface area contributed by atoms with Crippen LogP contribution < -0.4 is 0 Å². The zero-order chi connectivity index (χ0) is 12.6. The molecule has 0 bridgehead atoms. The van der Waals surface area contributed by atoms with E-state index >= 15 is 0 Å². The van der Waals surface area contributed by atoms with Gasteiger partial charge in [0.25, 0.3) is 0 Å². The molecule has 0 atom stereocenters. The Morgan fingerprint density at radius 3 is 2.29 bits per heavy atom. The third kappa shape index (κ3) is 2.82. The fourth-order valence-electron chi connectivity index (χ4n) is 1.32. The van der Waals surface area contributed by atoms with E-state index in [0.29, 0.717) is 31.3 Å². The fourth-order valence-corrected chi connectivity index (χ4v) is 2.85. The minimum absolute atomic E-state index is 0.308. The molecule has 1 nitrogen and oxygen atoms in total. The second-order valence-corrected chi connectivity index (χ2v) is 6.02. The first-order valence-corrected chi connectivity index (χ1v) is 7.04. The average Bonchev–Trinajstić information content (AvgIpc) is 2.28. The van der Waals surface area contributed by atoms with E-state index in [9.17, 15) is 0 Å². The molecule has 0 saturated heterocycles. The first-order chi connectivity index (χ1) is 8.00. The summed E-state index contributed by atoms with van der Waals surface area (Å²) < 4.78 is 0.951. The van der Waals surface area contributed by atoms with E-state index in [0.717, 1.165) is 3.57 Å². The Labute approximate surface area is 132 Å². The van der Waals surface area contributed by atoms with Crippen LogP contribution in [0.1, 0.15) is 0 Å². The number of halogens is 5. The number of hydrogen-bond donors (Lipinski definition) is 0. The van der Waals surface area contributed by atoms with E-state index in [1.54, 1.807) is 18.3 Å². The highest BCUT2D eigenvalue weighted by molar-refractivity contribution is 14.1. The van der Waals surface area contributed by atoms with Gasteiger partial charge in [-0.3, -0.25) is 4.98 Å². The summed E-state index contributed by atoms with van der Waals surface area (Å²) in [5.74, 6) is 0. The second kappa shape index (κ2) is 5.49. The molecular weight excluding hydrogens is 415 g/mol. The van der Waals surface area contributed by atoms with Crippen LogP contribution in [0.3, 0.4) is 0 Å². The molecule has 1 aromatic heterocycles. The van der Waals surface area contributed by atoms with Crippen molar-refractivity contribution in [3.63, 3.8) is 0 Å². The summed E-state index contributed by atoms with van der Waals surface area (Å²) in [6.45, 7) is 0. The van der Waals surface area contributed by atoms with E-state index < -0.39 is 0 Å². The maximum Gasteiger partial charge on any atom is 0.0904 e. The van der Waals surface area contributed by atoms with Crippen LogP contribution in [0.15, 0.2) is 24.4 Å².